The number of carbonyl (C=O) groups is 8. The number of carboxylic acid groups (broad SMARTS) is 1. The van der Waals surface area contributed by atoms with Crippen LogP contribution in [0.2, 0.25) is 6.82 Å². The number of fused-ring (bicyclic) bond motifs is 1. The number of piperidine rings is 1. The Bertz CT molecular complexity index is 2930. The van der Waals surface area contributed by atoms with Gasteiger partial charge in [0.05, 0.1) is 5.56 Å². The van der Waals surface area contributed by atoms with E-state index in [0.29, 0.717) is 67.8 Å². The summed E-state index contributed by atoms with van der Waals surface area (Å²) >= 11 is 0. The number of alkyl carbamates (subject to hydrolysis) is 1. The number of rotatable bonds is 24. The van der Waals surface area contributed by atoms with Gasteiger partial charge in [-0.05, 0) is 79.4 Å². The van der Waals surface area contributed by atoms with E-state index in [1.54, 1.807) is 42.2 Å². The first-order valence-electron chi connectivity index (χ1n) is 29.0. The number of nitrogens with zero attached hydrogens (tertiary/aromatic N) is 1. The summed E-state index contributed by atoms with van der Waals surface area (Å²) < 4.78 is 22.3. The number of unbranched alkanes of at least 4 members (excludes halogenated alkanes) is 2. The van der Waals surface area contributed by atoms with E-state index in [-0.39, 0.29) is 80.3 Å². The van der Waals surface area contributed by atoms with Crippen LogP contribution in [-0.4, -0.2) is 142 Å². The Morgan fingerprint density at radius 2 is 1.42 bits per heavy atom. The molecule has 86 heavy (non-hydrogen) atoms. The standard InChI is InChI=1S/C53H63BN8O15.C4H8O.2C2H6/c1-54-47-39(17-19-42(64)61-47)62-27-34-23-32(10-16-37(34)49(62)69)26-58-52(72)60-35-12-14-36(15-13-35)74-28-31-8-6-30(7-9-31)25-59-53(73)75-29-33-11-18-40(76-51-45(67)43(65)44(66)46(77-51)50(70)71)38(24-33)48(68)57-22-21-56-41(63)5-3-2-4-20-55;1-3-4(2)5;2*1-2/h6-16,18,23-24,39,43-46,51,65-67H,2-5,17,19-22,25-29,55H2,1H3,(H,56,63)(H,57,68)(H,59,73)(H,61,64)(H,70,71)(H2,58,60,72);3H2,1-2H3;2*1-2H3/t39?,43?,44-,45?,46?,51?;;;/m0.../s1. The summed E-state index contributed by atoms with van der Waals surface area (Å²) in [6.45, 7) is 16.4. The summed E-state index contributed by atoms with van der Waals surface area (Å²) in [6.07, 6.45) is -6.21. The van der Waals surface area contributed by atoms with Gasteiger partial charge in [-0.25, -0.2) is 9.59 Å². The minimum Gasteiger partial charge on any atom is -0.300 e. The molecule has 466 valence electrons. The first-order chi connectivity index (χ1) is 41.4. The minimum atomic E-state index is -1.97. The van der Waals surface area contributed by atoms with E-state index < -0.39 is 54.7 Å². The fourth-order valence-corrected chi connectivity index (χ4v) is 8.75. The van der Waals surface area contributed by atoms with E-state index in [2.05, 4.69) is 31.9 Å². The number of aliphatic hydroxyl groups is 3. The van der Waals surface area contributed by atoms with Crippen molar-refractivity contribution in [2.75, 3.05) is 25.0 Å². The predicted octanol–water partition coefficient (Wildman–Crippen LogP) is 4.80. The molecule has 7 rings (SSSR count). The number of benzene rings is 4. The van der Waals surface area contributed by atoms with Gasteiger partial charge in [-0.15, -0.1) is 0 Å². The van der Waals surface area contributed by atoms with Crippen molar-refractivity contribution in [1.82, 2.24) is 31.5 Å². The number of hydrogen-bond acceptors (Lipinski definition) is 16. The first-order valence-corrected chi connectivity index (χ1v) is 29.0. The summed E-state index contributed by atoms with van der Waals surface area (Å²) in [7, 11) is 0. The van der Waals surface area contributed by atoms with Gasteiger partial charge in [0, 0.05) is 32.5 Å². The average Bonchev–Trinajstić information content (AvgIpc) is 3.89. The van der Waals surface area contributed by atoms with Crippen molar-refractivity contribution >= 4 is 65.7 Å². The van der Waals surface area contributed by atoms with Crippen molar-refractivity contribution in [3.05, 3.63) is 124 Å². The number of anilines is 1. The molecular weight excluding hydrogens is 1110 g/mol. The maximum atomic E-state index is 13.5. The number of carbonyl (C=O) groups excluding carboxylic acids is 7. The number of aliphatic carboxylic acids is 1. The Labute approximate surface area is 502 Å². The Morgan fingerprint density at radius 3 is 2.08 bits per heavy atom. The zero-order valence-corrected chi connectivity index (χ0v) is 49.9. The molecule has 0 spiro atoms. The molecule has 0 saturated carbocycles. The van der Waals surface area contributed by atoms with Gasteiger partial charge in [0.2, 0.25) is 12.2 Å². The summed E-state index contributed by atoms with van der Waals surface area (Å²) in [4.78, 5) is 99.6. The Hall–Kier alpha value is -8.23. The minimum absolute atomic E-state index is 0.00479. The van der Waals surface area contributed by atoms with Gasteiger partial charge in [0.1, 0.15) is 48.8 Å². The van der Waals surface area contributed by atoms with Crippen molar-refractivity contribution in [2.24, 2.45) is 5.73 Å². The van der Waals surface area contributed by atoms with Gasteiger partial charge >= 0.3 is 157 Å². The maximum absolute atomic E-state index is 13.5. The fourth-order valence-electron chi connectivity index (χ4n) is 8.75. The van der Waals surface area contributed by atoms with Crippen molar-refractivity contribution < 1.29 is 77.7 Å². The van der Waals surface area contributed by atoms with Crippen LogP contribution in [0.4, 0.5) is 15.3 Å². The molecule has 4 aromatic rings. The quantitative estimate of drug-likeness (QED) is 0.0331. The molecule has 2 fully saturated rings. The van der Waals surface area contributed by atoms with Crippen LogP contribution in [0.1, 0.15) is 135 Å². The van der Waals surface area contributed by atoms with E-state index >= 15 is 0 Å². The zero-order valence-electron chi connectivity index (χ0n) is 49.9. The van der Waals surface area contributed by atoms with E-state index in [1.165, 1.54) is 18.2 Å². The van der Waals surface area contributed by atoms with E-state index in [9.17, 15) is 58.8 Å². The number of ether oxygens (including phenoxy) is 4. The SMILES string of the molecule is CB=C1NC(=O)CCC1N1Cc2cc(CNC(=O)Nc3ccc(OCc4ccc(CNC(=O)OCc5ccc(OC6OC(C(=O)O)[C@@H](O)C(O)C6O)c(C(=O)NCCNC(=O)CCCCCN)c5)cc4)cc3)ccc2C1=O.CC.CC.CCC(C)=O. The number of amides is 7. The van der Waals surface area contributed by atoms with Crippen LogP contribution in [0, 0.1) is 0 Å². The van der Waals surface area contributed by atoms with Crippen molar-refractivity contribution in [2.45, 2.75) is 163 Å². The van der Waals surface area contributed by atoms with Gasteiger partial charge in [0.25, 0.3) is 5.91 Å². The molecule has 3 aliphatic rings. The fraction of sp³-hybridized carbons (Fsp3) is 0.459. The largest absolute Gasteiger partial charge is 0.300 e. The van der Waals surface area contributed by atoms with Crippen molar-refractivity contribution in [3.8, 4) is 11.5 Å². The number of nitrogens with one attached hydrogen (secondary N) is 6. The van der Waals surface area contributed by atoms with Crippen LogP contribution in [0.3, 0.4) is 0 Å². The monoisotopic (exact) mass is 1190 g/mol. The summed E-state index contributed by atoms with van der Waals surface area (Å²) in [5.74, 6) is -2.05. The van der Waals surface area contributed by atoms with E-state index in [0.717, 1.165) is 40.7 Å². The Morgan fingerprint density at radius 1 is 0.767 bits per heavy atom. The number of Topliss-reactive ketones (excluding diaryl/α,β-unsaturated/α-hetero) is 1. The average molecular weight is 1200 g/mol. The Balaban J connectivity index is 0.00000165. The molecule has 12 N–H and O–H groups in total. The second-order valence-electron chi connectivity index (χ2n) is 19.6. The number of nitrogens with two attached hydrogens (primary N) is 1. The normalized spacial score (nSPS) is 18.7. The second kappa shape index (κ2) is 36.6. The second-order valence-corrected chi connectivity index (χ2v) is 19.6. The van der Waals surface area contributed by atoms with Crippen LogP contribution < -0.4 is 47.1 Å². The number of urea groups is 1. The van der Waals surface area contributed by atoms with Crippen LogP contribution in [-0.2, 0) is 61.5 Å². The van der Waals surface area contributed by atoms with Crippen LogP contribution in [0.15, 0.2) is 84.9 Å². The number of ketones is 1. The van der Waals surface area contributed by atoms with Crippen LogP contribution >= 0.6 is 0 Å². The molecule has 25 heteroatoms. The molecule has 0 radical (unpaired) electrons. The third kappa shape index (κ3) is 21.7. The van der Waals surface area contributed by atoms with E-state index in [1.807, 2.05) is 84.8 Å². The molecule has 3 heterocycles. The molecule has 5 unspecified atom stereocenters. The maximum Gasteiger partial charge on any atom is 0.129 e. The van der Waals surface area contributed by atoms with Gasteiger partial charge < -0.3 is 65.9 Å². The molecular formula is C61H83BN8O16. The van der Waals surface area contributed by atoms with Crippen LogP contribution in [0.25, 0.3) is 0 Å². The van der Waals surface area contributed by atoms with Crippen molar-refractivity contribution in [3.63, 3.8) is 0 Å². The Kier molecular flexibility index (Phi) is 29.9. The molecule has 2 saturated heterocycles. The molecule has 6 atom stereocenters. The smallest absolute Gasteiger partial charge is 0.129 e. The van der Waals surface area contributed by atoms with Crippen LogP contribution in [0.5, 0.6) is 11.5 Å². The topological polar surface area (TPSA) is 356 Å². The van der Waals surface area contributed by atoms with Gasteiger partial charge in [-0.1, -0.05) is 71.4 Å². The first kappa shape index (κ1) is 70.3. The number of hydrogen-bond donors (Lipinski definition) is 11. The molecule has 3 aliphatic heterocycles. The third-order valence-electron chi connectivity index (χ3n) is 13.5. The molecule has 0 bridgehead atoms. The number of carboxylic acids is 1. The van der Waals surface area contributed by atoms with Gasteiger partial charge in [-0.2, -0.15) is 0 Å². The molecule has 7 amide bonds. The summed E-state index contributed by atoms with van der Waals surface area (Å²) in [5, 5.41) is 57.0. The summed E-state index contributed by atoms with van der Waals surface area (Å²) in [6, 6.07) is 23.2. The summed E-state index contributed by atoms with van der Waals surface area (Å²) in [5.41, 5.74) is 10.9. The van der Waals surface area contributed by atoms with Gasteiger partial charge in [0.15, 0.2) is 6.10 Å². The molecule has 0 aromatic heterocycles. The molecule has 4 aromatic carbocycles. The van der Waals surface area contributed by atoms with E-state index in [4.69, 9.17) is 24.7 Å². The number of aliphatic hydroxyl groups excluding tert-OH is 3. The third-order valence-corrected chi connectivity index (χ3v) is 13.5. The van der Waals surface area contributed by atoms with Gasteiger partial charge in [-0.3, -0.25) is 9.59 Å². The zero-order chi connectivity index (χ0) is 63.3. The van der Waals surface area contributed by atoms with Crippen molar-refractivity contribution in [1.29, 1.82) is 0 Å². The predicted molar refractivity (Wildman–Crippen MR) is 322 cm³/mol. The molecule has 0 aliphatic carbocycles. The molecule has 24 nitrogen and oxygen atoms in total.